The largest absolute Gasteiger partial charge is 0.389 e. The maximum atomic E-state index is 12.1. The molecule has 21 heavy (non-hydrogen) atoms. The molecule has 0 saturated heterocycles. The first-order valence-electron chi connectivity index (χ1n) is 6.91. The van der Waals surface area contributed by atoms with Gasteiger partial charge in [0.1, 0.15) is 5.65 Å². The third-order valence-corrected chi connectivity index (χ3v) is 3.59. The summed E-state index contributed by atoms with van der Waals surface area (Å²) in [4.78, 5) is 18.7. The summed E-state index contributed by atoms with van der Waals surface area (Å²) in [6, 6.07) is 5.22. The molecule has 0 spiro atoms. The van der Waals surface area contributed by atoms with E-state index in [2.05, 4.69) is 25.8 Å². The molecule has 2 aromatic rings. The molecule has 0 saturated carbocycles. The van der Waals surface area contributed by atoms with Crippen LogP contribution in [0.25, 0.3) is 5.65 Å². The molecule has 114 valence electrons. The summed E-state index contributed by atoms with van der Waals surface area (Å²) >= 11 is 3.35. The van der Waals surface area contributed by atoms with E-state index in [9.17, 15) is 9.90 Å². The van der Waals surface area contributed by atoms with Crippen LogP contribution in [0.4, 0.5) is 0 Å². The summed E-state index contributed by atoms with van der Waals surface area (Å²) in [5.74, 6) is 0. The fourth-order valence-electron chi connectivity index (χ4n) is 2.26. The summed E-state index contributed by atoms with van der Waals surface area (Å²) in [5, 5.41) is 9.92. The first-order valence-corrected chi connectivity index (χ1v) is 7.70. The Kier molecular flexibility index (Phi) is 4.81. The van der Waals surface area contributed by atoms with Crippen molar-refractivity contribution in [3.63, 3.8) is 0 Å². The quantitative estimate of drug-likeness (QED) is 0.893. The Labute approximate surface area is 132 Å². The maximum Gasteiger partial charge on any atom is 0.258 e. The van der Waals surface area contributed by atoms with Crippen LogP contribution in [0.2, 0.25) is 0 Å². The Morgan fingerprint density at radius 1 is 1.43 bits per heavy atom. The van der Waals surface area contributed by atoms with Gasteiger partial charge in [0.25, 0.3) is 5.56 Å². The Morgan fingerprint density at radius 3 is 2.76 bits per heavy atom. The molecule has 0 fully saturated rings. The summed E-state index contributed by atoms with van der Waals surface area (Å²) in [5.41, 5.74) is 0.469. The van der Waals surface area contributed by atoms with E-state index in [-0.39, 0.29) is 5.56 Å². The minimum absolute atomic E-state index is 0.101. The Balaban J connectivity index is 2.30. The van der Waals surface area contributed by atoms with Crippen LogP contribution in [0.1, 0.15) is 26.5 Å². The number of likely N-dealkylation sites (N-methyl/N-ethyl adjacent to an activating group) is 1. The van der Waals surface area contributed by atoms with Gasteiger partial charge in [-0.25, -0.2) is 4.98 Å². The molecule has 0 bridgehead atoms. The van der Waals surface area contributed by atoms with Gasteiger partial charge >= 0.3 is 0 Å². The van der Waals surface area contributed by atoms with E-state index in [1.54, 1.807) is 32.2 Å². The van der Waals surface area contributed by atoms with E-state index in [1.807, 2.05) is 13.0 Å². The number of nitrogens with zero attached hydrogens (tertiary/aromatic N) is 3. The monoisotopic (exact) mass is 353 g/mol. The summed E-state index contributed by atoms with van der Waals surface area (Å²) in [7, 11) is 0. The zero-order chi connectivity index (χ0) is 15.6. The number of aliphatic hydroxyl groups is 1. The van der Waals surface area contributed by atoms with Crippen molar-refractivity contribution in [3.8, 4) is 0 Å². The molecule has 0 radical (unpaired) electrons. The van der Waals surface area contributed by atoms with E-state index in [0.717, 1.165) is 11.0 Å². The second-order valence-corrected chi connectivity index (χ2v) is 6.69. The highest BCUT2D eigenvalue weighted by atomic mass is 79.9. The molecule has 2 rings (SSSR count). The van der Waals surface area contributed by atoms with Crippen LogP contribution in [0, 0.1) is 0 Å². The van der Waals surface area contributed by atoms with Crippen molar-refractivity contribution in [1.29, 1.82) is 0 Å². The SMILES string of the molecule is CCN(Cc1cc(=O)n2cc(Br)ccc2n1)CC(C)(C)O. The number of aromatic nitrogens is 2. The lowest BCUT2D eigenvalue weighted by Gasteiger charge is -2.27. The molecule has 0 aromatic carbocycles. The van der Waals surface area contributed by atoms with Crippen LogP contribution in [0.5, 0.6) is 0 Å². The summed E-state index contributed by atoms with van der Waals surface area (Å²) in [6.45, 7) is 7.43. The van der Waals surface area contributed by atoms with Gasteiger partial charge in [0, 0.05) is 29.8 Å². The predicted molar refractivity (Wildman–Crippen MR) is 86.4 cm³/mol. The van der Waals surface area contributed by atoms with Gasteiger partial charge in [-0.3, -0.25) is 14.1 Å². The molecular formula is C15H20BrN3O2. The third-order valence-electron chi connectivity index (χ3n) is 3.12. The van der Waals surface area contributed by atoms with Crippen molar-refractivity contribution in [1.82, 2.24) is 14.3 Å². The highest BCUT2D eigenvalue weighted by Crippen LogP contribution is 2.11. The van der Waals surface area contributed by atoms with Crippen molar-refractivity contribution in [3.05, 3.63) is 44.9 Å². The molecule has 0 unspecified atom stereocenters. The molecule has 2 aromatic heterocycles. The van der Waals surface area contributed by atoms with E-state index in [0.29, 0.717) is 24.4 Å². The lowest BCUT2D eigenvalue weighted by Crippen LogP contribution is -2.38. The number of rotatable bonds is 5. The number of fused-ring (bicyclic) bond motifs is 1. The van der Waals surface area contributed by atoms with Crippen LogP contribution in [-0.2, 0) is 6.54 Å². The third kappa shape index (κ3) is 4.36. The molecule has 5 nitrogen and oxygen atoms in total. The highest BCUT2D eigenvalue weighted by Gasteiger charge is 2.18. The van der Waals surface area contributed by atoms with Crippen LogP contribution < -0.4 is 5.56 Å². The van der Waals surface area contributed by atoms with Crippen LogP contribution in [-0.4, -0.2) is 38.1 Å². The van der Waals surface area contributed by atoms with Gasteiger partial charge in [-0.2, -0.15) is 0 Å². The van der Waals surface area contributed by atoms with Gasteiger partial charge in [0.15, 0.2) is 0 Å². The molecule has 2 heterocycles. The Bertz CT molecular complexity index is 691. The molecule has 0 aliphatic rings. The van der Waals surface area contributed by atoms with Crippen molar-refractivity contribution in [2.24, 2.45) is 0 Å². The van der Waals surface area contributed by atoms with Crippen LogP contribution in [0.3, 0.4) is 0 Å². The minimum Gasteiger partial charge on any atom is -0.389 e. The molecule has 6 heteroatoms. The molecule has 1 N–H and O–H groups in total. The second-order valence-electron chi connectivity index (χ2n) is 5.78. The first kappa shape index (κ1) is 16.1. The Hall–Kier alpha value is -1.24. The Morgan fingerprint density at radius 2 is 2.14 bits per heavy atom. The van der Waals surface area contributed by atoms with Gasteiger partial charge in [-0.15, -0.1) is 0 Å². The topological polar surface area (TPSA) is 57.8 Å². The van der Waals surface area contributed by atoms with E-state index in [4.69, 9.17) is 0 Å². The van der Waals surface area contributed by atoms with Gasteiger partial charge in [0.2, 0.25) is 0 Å². The van der Waals surface area contributed by atoms with Crippen molar-refractivity contribution < 1.29 is 5.11 Å². The van der Waals surface area contributed by atoms with Gasteiger partial charge in [-0.05, 0) is 48.5 Å². The molecule has 0 aliphatic carbocycles. The smallest absolute Gasteiger partial charge is 0.258 e. The van der Waals surface area contributed by atoms with Crippen LogP contribution >= 0.6 is 15.9 Å². The van der Waals surface area contributed by atoms with Crippen molar-refractivity contribution in [2.45, 2.75) is 32.9 Å². The zero-order valence-corrected chi connectivity index (χ0v) is 14.1. The summed E-state index contributed by atoms with van der Waals surface area (Å²) in [6.07, 6.45) is 1.71. The molecule has 0 atom stereocenters. The normalized spacial score (nSPS) is 12.3. The molecular weight excluding hydrogens is 334 g/mol. The van der Waals surface area contributed by atoms with Gasteiger partial charge in [0.05, 0.1) is 11.3 Å². The molecule has 0 aliphatic heterocycles. The zero-order valence-electron chi connectivity index (χ0n) is 12.5. The van der Waals surface area contributed by atoms with E-state index in [1.165, 1.54) is 4.40 Å². The fraction of sp³-hybridized carbons (Fsp3) is 0.467. The number of halogens is 1. The van der Waals surface area contributed by atoms with Gasteiger partial charge < -0.3 is 5.11 Å². The maximum absolute atomic E-state index is 12.1. The number of hydrogen-bond acceptors (Lipinski definition) is 4. The van der Waals surface area contributed by atoms with Gasteiger partial charge in [-0.1, -0.05) is 6.92 Å². The summed E-state index contributed by atoms with van der Waals surface area (Å²) < 4.78 is 2.35. The minimum atomic E-state index is -0.771. The van der Waals surface area contributed by atoms with Crippen molar-refractivity contribution in [2.75, 3.05) is 13.1 Å². The lowest BCUT2D eigenvalue weighted by atomic mass is 10.1. The second kappa shape index (κ2) is 6.25. The predicted octanol–water partition coefficient (Wildman–Crippen LogP) is 2.05. The standard InChI is InChI=1S/C15H20BrN3O2/c1-4-18(10-15(2,3)21)9-12-7-14(20)19-8-11(16)5-6-13(19)17-12/h5-8,21H,4,9-10H2,1-3H3. The number of pyridine rings is 1. The van der Waals surface area contributed by atoms with E-state index < -0.39 is 5.60 Å². The molecule has 0 amide bonds. The first-order chi connectivity index (χ1) is 9.78. The average molecular weight is 354 g/mol. The van der Waals surface area contributed by atoms with Crippen molar-refractivity contribution >= 4 is 21.6 Å². The van der Waals surface area contributed by atoms with Crippen LogP contribution in [0.15, 0.2) is 33.7 Å². The fourth-order valence-corrected chi connectivity index (χ4v) is 2.60. The lowest BCUT2D eigenvalue weighted by molar-refractivity contribution is 0.0350. The van der Waals surface area contributed by atoms with E-state index >= 15 is 0 Å². The highest BCUT2D eigenvalue weighted by molar-refractivity contribution is 9.10. The average Bonchev–Trinajstić information content (AvgIpc) is 2.37. The number of hydrogen-bond donors (Lipinski definition) is 1.